The largest absolute Gasteiger partial charge is 0.491 e. The molecule has 0 aliphatic rings. The molecule has 3 heteroatoms. The van der Waals surface area contributed by atoms with E-state index in [2.05, 4.69) is 24.1 Å². The third kappa shape index (κ3) is 3.64. The van der Waals surface area contributed by atoms with Gasteiger partial charge in [0.1, 0.15) is 11.6 Å². The molecule has 0 aliphatic carbocycles. The van der Waals surface area contributed by atoms with Crippen molar-refractivity contribution in [1.29, 1.82) is 0 Å². The van der Waals surface area contributed by atoms with Gasteiger partial charge in [-0.05, 0) is 33.8 Å². The van der Waals surface area contributed by atoms with Crippen LogP contribution in [0.4, 0.5) is 5.82 Å². The number of anilines is 1. The van der Waals surface area contributed by atoms with Crippen LogP contribution in [0.1, 0.15) is 27.7 Å². The Kier molecular flexibility index (Phi) is 3.74. The SMILES string of the molecule is CC(C)Nc1cc(OC(C)C)ccn1. The molecule has 0 fully saturated rings. The van der Waals surface area contributed by atoms with Crippen LogP contribution in [0.25, 0.3) is 0 Å². The van der Waals surface area contributed by atoms with Crippen molar-refractivity contribution in [3.63, 3.8) is 0 Å². The van der Waals surface area contributed by atoms with E-state index < -0.39 is 0 Å². The summed E-state index contributed by atoms with van der Waals surface area (Å²) in [5, 5.41) is 3.23. The van der Waals surface area contributed by atoms with E-state index in [4.69, 9.17) is 4.74 Å². The molecule has 1 rings (SSSR count). The van der Waals surface area contributed by atoms with Crippen LogP contribution in [0, 0.1) is 0 Å². The molecule has 0 atom stereocenters. The van der Waals surface area contributed by atoms with Crippen molar-refractivity contribution >= 4 is 5.82 Å². The standard InChI is InChI=1S/C11H18N2O/c1-8(2)13-11-7-10(5-6-12-11)14-9(3)4/h5-9H,1-4H3,(H,12,13). The van der Waals surface area contributed by atoms with Gasteiger partial charge in [-0.15, -0.1) is 0 Å². The molecule has 14 heavy (non-hydrogen) atoms. The van der Waals surface area contributed by atoms with Crippen LogP contribution in [0.15, 0.2) is 18.3 Å². The zero-order chi connectivity index (χ0) is 10.6. The first kappa shape index (κ1) is 10.8. The van der Waals surface area contributed by atoms with Crippen LogP contribution in [-0.4, -0.2) is 17.1 Å². The summed E-state index contributed by atoms with van der Waals surface area (Å²) in [7, 11) is 0. The first-order valence-electron chi connectivity index (χ1n) is 4.97. The molecule has 0 radical (unpaired) electrons. The second kappa shape index (κ2) is 4.84. The van der Waals surface area contributed by atoms with Crippen molar-refractivity contribution in [2.45, 2.75) is 39.8 Å². The van der Waals surface area contributed by atoms with Gasteiger partial charge < -0.3 is 10.1 Å². The molecular formula is C11H18N2O. The Morgan fingerprint density at radius 3 is 2.57 bits per heavy atom. The van der Waals surface area contributed by atoms with Gasteiger partial charge in [0, 0.05) is 18.3 Å². The Bertz CT molecular complexity index is 259. The Balaban J connectivity index is 2.68. The first-order valence-corrected chi connectivity index (χ1v) is 4.97. The average molecular weight is 194 g/mol. The average Bonchev–Trinajstić information content (AvgIpc) is 2.01. The summed E-state index contributed by atoms with van der Waals surface area (Å²) in [6.07, 6.45) is 1.95. The van der Waals surface area contributed by atoms with Gasteiger partial charge in [-0.3, -0.25) is 0 Å². The normalized spacial score (nSPS) is 10.7. The molecule has 1 N–H and O–H groups in total. The van der Waals surface area contributed by atoms with E-state index in [1.54, 1.807) is 6.20 Å². The molecule has 1 heterocycles. The van der Waals surface area contributed by atoms with E-state index in [0.717, 1.165) is 11.6 Å². The lowest BCUT2D eigenvalue weighted by Crippen LogP contribution is -2.11. The Hall–Kier alpha value is -1.25. The zero-order valence-electron chi connectivity index (χ0n) is 9.24. The molecule has 0 bridgehead atoms. The van der Waals surface area contributed by atoms with E-state index in [0.29, 0.717) is 6.04 Å². The first-order chi connectivity index (χ1) is 6.58. The fourth-order valence-electron chi connectivity index (χ4n) is 1.13. The van der Waals surface area contributed by atoms with Gasteiger partial charge in [-0.1, -0.05) is 0 Å². The topological polar surface area (TPSA) is 34.1 Å². The van der Waals surface area contributed by atoms with Gasteiger partial charge in [0.2, 0.25) is 0 Å². The fraction of sp³-hybridized carbons (Fsp3) is 0.545. The van der Waals surface area contributed by atoms with Crippen LogP contribution < -0.4 is 10.1 Å². The summed E-state index contributed by atoms with van der Waals surface area (Å²) < 4.78 is 5.56. The minimum atomic E-state index is 0.198. The van der Waals surface area contributed by atoms with E-state index in [9.17, 15) is 0 Å². The minimum absolute atomic E-state index is 0.198. The molecule has 1 aromatic heterocycles. The van der Waals surface area contributed by atoms with Crippen LogP contribution in [-0.2, 0) is 0 Å². The van der Waals surface area contributed by atoms with Crippen molar-refractivity contribution in [1.82, 2.24) is 4.98 Å². The summed E-state index contributed by atoms with van der Waals surface area (Å²) in [5.41, 5.74) is 0. The van der Waals surface area contributed by atoms with Crippen molar-refractivity contribution in [2.24, 2.45) is 0 Å². The van der Waals surface area contributed by atoms with Gasteiger partial charge in [0.15, 0.2) is 0 Å². The monoisotopic (exact) mass is 194 g/mol. The maximum atomic E-state index is 5.56. The predicted molar refractivity (Wildman–Crippen MR) is 58.8 cm³/mol. The lowest BCUT2D eigenvalue weighted by Gasteiger charge is -2.12. The molecule has 0 saturated heterocycles. The summed E-state index contributed by atoms with van der Waals surface area (Å²) in [6, 6.07) is 4.17. The Morgan fingerprint density at radius 1 is 1.29 bits per heavy atom. The number of nitrogens with one attached hydrogen (secondary N) is 1. The number of hydrogen-bond acceptors (Lipinski definition) is 3. The molecule has 0 aromatic carbocycles. The lowest BCUT2D eigenvalue weighted by molar-refractivity contribution is 0.242. The molecule has 0 saturated carbocycles. The molecule has 0 amide bonds. The number of pyridine rings is 1. The third-order valence-corrected chi connectivity index (χ3v) is 1.54. The summed E-state index contributed by atoms with van der Waals surface area (Å²) in [5.74, 6) is 1.72. The molecule has 0 spiro atoms. The predicted octanol–water partition coefficient (Wildman–Crippen LogP) is 2.69. The van der Waals surface area contributed by atoms with Gasteiger partial charge >= 0.3 is 0 Å². The third-order valence-electron chi connectivity index (χ3n) is 1.54. The van der Waals surface area contributed by atoms with Crippen LogP contribution in [0.2, 0.25) is 0 Å². The molecule has 1 aromatic rings. The van der Waals surface area contributed by atoms with Crippen molar-refractivity contribution in [3.05, 3.63) is 18.3 Å². The van der Waals surface area contributed by atoms with Crippen molar-refractivity contribution < 1.29 is 4.74 Å². The summed E-state index contributed by atoms with van der Waals surface area (Å²) >= 11 is 0. The van der Waals surface area contributed by atoms with Gasteiger partial charge in [0.25, 0.3) is 0 Å². The number of hydrogen-bond donors (Lipinski definition) is 1. The number of ether oxygens (including phenoxy) is 1. The van der Waals surface area contributed by atoms with Crippen LogP contribution >= 0.6 is 0 Å². The van der Waals surface area contributed by atoms with E-state index in [1.165, 1.54) is 0 Å². The fourth-order valence-corrected chi connectivity index (χ4v) is 1.13. The summed E-state index contributed by atoms with van der Waals surface area (Å²) in [6.45, 7) is 8.18. The molecular weight excluding hydrogens is 176 g/mol. The smallest absolute Gasteiger partial charge is 0.129 e. The highest BCUT2D eigenvalue weighted by Crippen LogP contribution is 2.16. The molecule has 0 aliphatic heterocycles. The Morgan fingerprint density at radius 2 is 2.00 bits per heavy atom. The Labute approximate surface area is 85.5 Å². The second-order valence-electron chi connectivity index (χ2n) is 3.84. The number of rotatable bonds is 4. The van der Waals surface area contributed by atoms with E-state index in [1.807, 2.05) is 26.0 Å². The number of aromatic nitrogens is 1. The highest BCUT2D eigenvalue weighted by Gasteiger charge is 2.01. The summed E-state index contributed by atoms with van der Waals surface area (Å²) in [4.78, 5) is 4.20. The van der Waals surface area contributed by atoms with E-state index in [-0.39, 0.29) is 6.10 Å². The highest BCUT2D eigenvalue weighted by atomic mass is 16.5. The molecule has 3 nitrogen and oxygen atoms in total. The van der Waals surface area contributed by atoms with Gasteiger partial charge in [0.05, 0.1) is 6.10 Å². The van der Waals surface area contributed by atoms with Crippen LogP contribution in [0.3, 0.4) is 0 Å². The van der Waals surface area contributed by atoms with Crippen LogP contribution in [0.5, 0.6) is 5.75 Å². The second-order valence-corrected chi connectivity index (χ2v) is 3.84. The number of nitrogens with zero attached hydrogens (tertiary/aromatic N) is 1. The lowest BCUT2D eigenvalue weighted by atomic mass is 10.3. The highest BCUT2D eigenvalue weighted by molar-refractivity contribution is 5.41. The zero-order valence-corrected chi connectivity index (χ0v) is 9.24. The quantitative estimate of drug-likeness (QED) is 0.800. The van der Waals surface area contributed by atoms with Gasteiger partial charge in [-0.2, -0.15) is 0 Å². The minimum Gasteiger partial charge on any atom is -0.491 e. The maximum absolute atomic E-state index is 5.56. The van der Waals surface area contributed by atoms with E-state index >= 15 is 0 Å². The van der Waals surface area contributed by atoms with Gasteiger partial charge in [-0.25, -0.2) is 4.98 Å². The van der Waals surface area contributed by atoms with Crippen molar-refractivity contribution in [3.8, 4) is 5.75 Å². The molecule has 78 valence electrons. The van der Waals surface area contributed by atoms with Crippen molar-refractivity contribution in [2.75, 3.05) is 5.32 Å². The molecule has 0 unspecified atom stereocenters. The maximum Gasteiger partial charge on any atom is 0.129 e.